The highest BCUT2D eigenvalue weighted by molar-refractivity contribution is 7.99. The third-order valence-corrected chi connectivity index (χ3v) is 4.68. The van der Waals surface area contributed by atoms with Crippen molar-refractivity contribution in [2.75, 3.05) is 18.1 Å². The lowest BCUT2D eigenvalue weighted by molar-refractivity contribution is 0.511. The summed E-state index contributed by atoms with van der Waals surface area (Å²) < 4.78 is 2.34. The molecule has 3 nitrogen and oxygen atoms in total. The Morgan fingerprint density at radius 2 is 2.38 bits per heavy atom. The van der Waals surface area contributed by atoms with E-state index in [1.807, 2.05) is 12.5 Å². The fourth-order valence-electron chi connectivity index (χ4n) is 2.30. The van der Waals surface area contributed by atoms with E-state index in [4.69, 9.17) is 0 Å². The summed E-state index contributed by atoms with van der Waals surface area (Å²) in [4.78, 5) is 4.25. The molecule has 0 radical (unpaired) electrons. The summed E-state index contributed by atoms with van der Waals surface area (Å²) in [5, 5.41) is 3.58. The molecule has 1 unspecified atom stereocenters. The predicted octanol–water partition coefficient (Wildman–Crippen LogP) is 2.06. The summed E-state index contributed by atoms with van der Waals surface area (Å²) in [6.07, 6.45) is 8.06. The molecule has 2 heterocycles. The molecule has 88 valence electrons. The van der Waals surface area contributed by atoms with Gasteiger partial charge in [0.15, 0.2) is 0 Å². The molecule has 1 atom stereocenters. The first kappa shape index (κ1) is 10.7. The van der Waals surface area contributed by atoms with E-state index in [1.54, 1.807) is 0 Å². The molecule has 1 aliphatic heterocycles. The number of thioether (sulfide) groups is 1. The minimum Gasteiger partial charge on any atom is -0.330 e. The van der Waals surface area contributed by atoms with E-state index in [-0.39, 0.29) is 0 Å². The maximum absolute atomic E-state index is 4.25. The fourth-order valence-corrected chi connectivity index (χ4v) is 3.58. The zero-order valence-corrected chi connectivity index (χ0v) is 10.4. The summed E-state index contributed by atoms with van der Waals surface area (Å²) >= 11 is 2.09. The van der Waals surface area contributed by atoms with Crippen LogP contribution < -0.4 is 5.32 Å². The van der Waals surface area contributed by atoms with Crippen LogP contribution in [0, 0.1) is 5.92 Å². The smallest absolute Gasteiger partial charge is 0.0951 e. The average molecular weight is 237 g/mol. The lowest BCUT2D eigenvalue weighted by atomic mass is 10.1. The van der Waals surface area contributed by atoms with Gasteiger partial charge in [0.2, 0.25) is 0 Å². The monoisotopic (exact) mass is 237 g/mol. The van der Waals surface area contributed by atoms with Crippen LogP contribution in [0.3, 0.4) is 0 Å². The van der Waals surface area contributed by atoms with Crippen LogP contribution in [0.15, 0.2) is 12.5 Å². The highest BCUT2D eigenvalue weighted by atomic mass is 32.2. The molecule has 3 rings (SSSR count). The molecule has 1 saturated heterocycles. The number of rotatable bonds is 5. The van der Waals surface area contributed by atoms with E-state index in [9.17, 15) is 0 Å². The van der Waals surface area contributed by atoms with Gasteiger partial charge in [0.1, 0.15) is 0 Å². The molecular formula is C12H19N3S. The Bertz CT molecular complexity index is 340. The molecule has 1 aromatic heterocycles. The Morgan fingerprint density at radius 3 is 3.12 bits per heavy atom. The molecule has 1 saturated carbocycles. The Hall–Kier alpha value is -0.480. The summed E-state index contributed by atoms with van der Waals surface area (Å²) in [6, 6.07) is 0.751. The van der Waals surface area contributed by atoms with Crippen LogP contribution in [-0.4, -0.2) is 27.6 Å². The van der Waals surface area contributed by atoms with Gasteiger partial charge in [0, 0.05) is 18.8 Å². The number of aromatic nitrogens is 2. The van der Waals surface area contributed by atoms with Gasteiger partial charge in [-0.2, -0.15) is 11.8 Å². The van der Waals surface area contributed by atoms with E-state index in [2.05, 4.69) is 26.6 Å². The molecule has 0 aromatic carbocycles. The van der Waals surface area contributed by atoms with Gasteiger partial charge >= 0.3 is 0 Å². The Balaban J connectivity index is 1.48. The van der Waals surface area contributed by atoms with E-state index in [0.717, 1.165) is 18.5 Å². The van der Waals surface area contributed by atoms with Gasteiger partial charge in [-0.25, -0.2) is 4.98 Å². The molecule has 0 bridgehead atoms. The van der Waals surface area contributed by atoms with E-state index < -0.39 is 0 Å². The topological polar surface area (TPSA) is 29.9 Å². The van der Waals surface area contributed by atoms with Crippen molar-refractivity contribution in [3.8, 4) is 0 Å². The van der Waals surface area contributed by atoms with Crippen LogP contribution in [0.4, 0.5) is 0 Å². The standard InChI is InChI=1S/C12H19N3S/c1-2-11(1)15-9-14-7-12(15)6-13-5-10-3-4-16-8-10/h7,9-11,13H,1-6,8H2. The van der Waals surface area contributed by atoms with Crippen molar-refractivity contribution in [1.29, 1.82) is 0 Å². The zero-order valence-electron chi connectivity index (χ0n) is 9.56. The van der Waals surface area contributed by atoms with E-state index in [1.165, 1.54) is 43.0 Å². The first-order valence-corrected chi connectivity index (χ1v) is 7.38. The first-order valence-electron chi connectivity index (χ1n) is 6.22. The summed E-state index contributed by atoms with van der Waals surface area (Å²) in [5.74, 6) is 3.59. The summed E-state index contributed by atoms with van der Waals surface area (Å²) in [5.41, 5.74) is 1.35. The Labute approximate surface area is 101 Å². The molecule has 1 aromatic rings. The third-order valence-electron chi connectivity index (χ3n) is 3.45. The number of nitrogens with one attached hydrogen (secondary N) is 1. The highest BCUT2D eigenvalue weighted by Crippen LogP contribution is 2.35. The molecule has 0 spiro atoms. The van der Waals surface area contributed by atoms with Gasteiger partial charge in [0.25, 0.3) is 0 Å². The normalized spacial score (nSPS) is 25.1. The van der Waals surface area contributed by atoms with Crippen molar-refractivity contribution >= 4 is 11.8 Å². The van der Waals surface area contributed by atoms with Gasteiger partial charge in [-0.1, -0.05) is 0 Å². The van der Waals surface area contributed by atoms with Gasteiger partial charge < -0.3 is 9.88 Å². The van der Waals surface area contributed by atoms with Gasteiger partial charge in [-0.15, -0.1) is 0 Å². The molecule has 1 aliphatic carbocycles. The number of nitrogens with zero attached hydrogens (tertiary/aromatic N) is 2. The quantitative estimate of drug-likeness (QED) is 0.850. The zero-order chi connectivity index (χ0) is 10.8. The second-order valence-electron chi connectivity index (χ2n) is 4.88. The minimum atomic E-state index is 0.751. The van der Waals surface area contributed by atoms with Crippen LogP contribution in [0.25, 0.3) is 0 Å². The molecule has 2 aliphatic rings. The second-order valence-corrected chi connectivity index (χ2v) is 6.03. The largest absolute Gasteiger partial charge is 0.330 e. The molecule has 2 fully saturated rings. The third kappa shape index (κ3) is 2.43. The van der Waals surface area contributed by atoms with Gasteiger partial charge in [-0.05, 0) is 43.2 Å². The van der Waals surface area contributed by atoms with Crippen molar-refractivity contribution in [2.45, 2.75) is 31.8 Å². The van der Waals surface area contributed by atoms with Gasteiger partial charge in [-0.3, -0.25) is 0 Å². The molecule has 16 heavy (non-hydrogen) atoms. The van der Waals surface area contributed by atoms with Crippen LogP contribution in [0.1, 0.15) is 31.0 Å². The first-order chi connectivity index (χ1) is 7.93. The highest BCUT2D eigenvalue weighted by Gasteiger charge is 2.25. The van der Waals surface area contributed by atoms with Crippen LogP contribution in [0.2, 0.25) is 0 Å². The molecule has 1 N–H and O–H groups in total. The minimum absolute atomic E-state index is 0.751. The second kappa shape index (κ2) is 4.80. The average Bonchev–Trinajstić information content (AvgIpc) is 2.82. The van der Waals surface area contributed by atoms with Crippen molar-refractivity contribution in [1.82, 2.24) is 14.9 Å². The lowest BCUT2D eigenvalue weighted by Gasteiger charge is -2.11. The summed E-state index contributed by atoms with van der Waals surface area (Å²) in [6.45, 7) is 2.15. The van der Waals surface area contributed by atoms with Crippen molar-refractivity contribution in [2.24, 2.45) is 5.92 Å². The van der Waals surface area contributed by atoms with Crippen molar-refractivity contribution in [3.63, 3.8) is 0 Å². The number of hydrogen-bond donors (Lipinski definition) is 1. The SMILES string of the molecule is c1ncn(C2CC2)c1CNCC1CCSC1. The molecule has 0 amide bonds. The summed E-state index contributed by atoms with van der Waals surface area (Å²) in [7, 11) is 0. The predicted molar refractivity (Wildman–Crippen MR) is 67.6 cm³/mol. The fraction of sp³-hybridized carbons (Fsp3) is 0.750. The Kier molecular flexibility index (Phi) is 3.20. The maximum atomic E-state index is 4.25. The van der Waals surface area contributed by atoms with Crippen LogP contribution in [0.5, 0.6) is 0 Å². The van der Waals surface area contributed by atoms with Crippen molar-refractivity contribution in [3.05, 3.63) is 18.2 Å². The van der Waals surface area contributed by atoms with Gasteiger partial charge in [0.05, 0.1) is 12.0 Å². The molecule has 4 heteroatoms. The van der Waals surface area contributed by atoms with Crippen LogP contribution >= 0.6 is 11.8 Å². The number of imidazole rings is 1. The van der Waals surface area contributed by atoms with E-state index in [0.29, 0.717) is 0 Å². The maximum Gasteiger partial charge on any atom is 0.0951 e. The van der Waals surface area contributed by atoms with Crippen molar-refractivity contribution < 1.29 is 0 Å². The Morgan fingerprint density at radius 1 is 1.44 bits per heavy atom. The lowest BCUT2D eigenvalue weighted by Crippen LogP contribution is -2.23. The number of hydrogen-bond acceptors (Lipinski definition) is 3. The van der Waals surface area contributed by atoms with E-state index >= 15 is 0 Å². The van der Waals surface area contributed by atoms with Crippen LogP contribution in [-0.2, 0) is 6.54 Å². The molecular weight excluding hydrogens is 218 g/mol.